The van der Waals surface area contributed by atoms with Crippen LogP contribution in [-0.4, -0.2) is 52.5 Å². The Kier molecular flexibility index (Phi) is 6.05. The number of benzene rings is 1. The lowest BCUT2D eigenvalue weighted by molar-refractivity contribution is -0.129. The Morgan fingerprint density at radius 2 is 2.24 bits per heavy atom. The van der Waals surface area contributed by atoms with E-state index in [2.05, 4.69) is 15.2 Å². The monoisotopic (exact) mass is 430 g/mol. The molecule has 0 radical (unpaired) electrons. The largest absolute Gasteiger partial charge is 0.497 e. The Labute approximate surface area is 177 Å². The molecule has 1 amide bonds. The third-order valence-corrected chi connectivity index (χ3v) is 6.62. The summed E-state index contributed by atoms with van der Waals surface area (Å²) >= 11 is 2.95. The van der Waals surface area contributed by atoms with Crippen LogP contribution in [0.2, 0.25) is 0 Å². The number of thioether (sulfide) groups is 1. The molecule has 152 valence electrons. The number of thiophene rings is 1. The first kappa shape index (κ1) is 19.8. The standard InChI is InChI=1S/C20H22N4O3S2/c1-26-13-7-8-16(27-2)14(11-13)15-5-3-9-24(15)18(25)12-29-20-21-19(22-23-20)17-6-4-10-28-17/h4,6-8,10-11,15H,3,5,9,12H2,1-2H3,(H,21,22,23). The zero-order chi connectivity index (χ0) is 20.2. The molecule has 1 aliphatic heterocycles. The van der Waals surface area contributed by atoms with Crippen LogP contribution in [0, 0.1) is 0 Å². The van der Waals surface area contributed by atoms with Gasteiger partial charge < -0.3 is 14.4 Å². The first-order valence-electron chi connectivity index (χ1n) is 9.30. The molecule has 2 aromatic heterocycles. The minimum atomic E-state index is -0.0121. The number of hydrogen-bond acceptors (Lipinski definition) is 7. The fourth-order valence-corrected chi connectivity index (χ4v) is 4.88. The van der Waals surface area contributed by atoms with Gasteiger partial charge in [-0.15, -0.1) is 16.4 Å². The van der Waals surface area contributed by atoms with Gasteiger partial charge in [0.15, 0.2) is 5.82 Å². The molecule has 0 saturated carbocycles. The molecule has 0 spiro atoms. The summed E-state index contributed by atoms with van der Waals surface area (Å²) in [6.07, 6.45) is 1.87. The summed E-state index contributed by atoms with van der Waals surface area (Å²) in [4.78, 5) is 20.4. The Morgan fingerprint density at radius 1 is 1.34 bits per heavy atom. The molecule has 1 N–H and O–H groups in total. The van der Waals surface area contributed by atoms with Gasteiger partial charge in [-0.25, -0.2) is 4.98 Å². The van der Waals surface area contributed by atoms with Crippen LogP contribution in [-0.2, 0) is 4.79 Å². The molecule has 3 aromatic rings. The second kappa shape index (κ2) is 8.87. The van der Waals surface area contributed by atoms with Gasteiger partial charge in [0.2, 0.25) is 11.1 Å². The highest BCUT2D eigenvalue weighted by atomic mass is 32.2. The number of hydrogen-bond donors (Lipinski definition) is 1. The molecule has 1 fully saturated rings. The lowest BCUT2D eigenvalue weighted by Gasteiger charge is -2.26. The topological polar surface area (TPSA) is 80.3 Å². The molecule has 3 heterocycles. The maximum absolute atomic E-state index is 13.0. The van der Waals surface area contributed by atoms with E-state index in [1.807, 2.05) is 40.6 Å². The van der Waals surface area contributed by atoms with Crippen molar-refractivity contribution in [1.29, 1.82) is 0 Å². The van der Waals surface area contributed by atoms with Crippen LogP contribution in [0.3, 0.4) is 0 Å². The summed E-state index contributed by atoms with van der Waals surface area (Å²) in [5.41, 5.74) is 0.987. The zero-order valence-electron chi connectivity index (χ0n) is 16.3. The number of ether oxygens (including phenoxy) is 2. The number of methoxy groups -OCH3 is 2. The summed E-state index contributed by atoms with van der Waals surface area (Å²) in [6, 6.07) is 9.67. The highest BCUT2D eigenvalue weighted by molar-refractivity contribution is 7.99. The van der Waals surface area contributed by atoms with E-state index in [4.69, 9.17) is 9.47 Å². The van der Waals surface area contributed by atoms with Gasteiger partial charge in [0, 0.05) is 12.1 Å². The molecule has 29 heavy (non-hydrogen) atoms. The van der Waals surface area contributed by atoms with E-state index >= 15 is 0 Å². The molecule has 1 atom stereocenters. The highest BCUT2D eigenvalue weighted by Gasteiger charge is 2.32. The van der Waals surface area contributed by atoms with Crippen molar-refractivity contribution in [3.8, 4) is 22.2 Å². The number of aromatic amines is 1. The number of nitrogens with zero attached hydrogens (tertiary/aromatic N) is 3. The Balaban J connectivity index is 1.44. The quantitative estimate of drug-likeness (QED) is 0.571. The van der Waals surface area contributed by atoms with Crippen molar-refractivity contribution in [1.82, 2.24) is 20.1 Å². The Bertz CT molecular complexity index is 974. The van der Waals surface area contributed by atoms with Gasteiger partial charge in [0.05, 0.1) is 30.9 Å². The number of amides is 1. The molecule has 7 nitrogen and oxygen atoms in total. The molecule has 9 heteroatoms. The smallest absolute Gasteiger partial charge is 0.233 e. The molecule has 0 aliphatic carbocycles. The fourth-order valence-electron chi connectivity index (χ4n) is 3.53. The fraction of sp³-hybridized carbons (Fsp3) is 0.350. The average Bonchev–Trinajstić information content (AvgIpc) is 3.52. The minimum absolute atomic E-state index is 0.0121. The van der Waals surface area contributed by atoms with Crippen LogP contribution in [0.4, 0.5) is 0 Å². The average molecular weight is 431 g/mol. The van der Waals surface area contributed by atoms with E-state index in [0.29, 0.717) is 10.9 Å². The summed E-state index contributed by atoms with van der Waals surface area (Å²) in [5, 5.41) is 9.74. The number of rotatable bonds is 7. The lowest BCUT2D eigenvalue weighted by atomic mass is 10.0. The molecular formula is C20H22N4O3S2. The highest BCUT2D eigenvalue weighted by Crippen LogP contribution is 2.39. The van der Waals surface area contributed by atoms with Crippen molar-refractivity contribution in [2.75, 3.05) is 26.5 Å². The third kappa shape index (κ3) is 4.25. The van der Waals surface area contributed by atoms with E-state index in [1.165, 1.54) is 11.8 Å². The van der Waals surface area contributed by atoms with E-state index in [0.717, 1.165) is 47.2 Å². The SMILES string of the molecule is COc1ccc(OC)c(C2CCCN2C(=O)CSc2n[nH]c(-c3cccs3)n2)c1. The van der Waals surface area contributed by atoms with E-state index < -0.39 is 0 Å². The molecule has 0 bridgehead atoms. The Morgan fingerprint density at radius 3 is 3.00 bits per heavy atom. The molecule has 1 aliphatic rings. The van der Waals surface area contributed by atoms with Crippen LogP contribution in [0.25, 0.3) is 10.7 Å². The Hall–Kier alpha value is -2.52. The van der Waals surface area contributed by atoms with E-state index in [1.54, 1.807) is 25.6 Å². The van der Waals surface area contributed by atoms with Crippen molar-refractivity contribution < 1.29 is 14.3 Å². The minimum Gasteiger partial charge on any atom is -0.497 e. The molecule has 1 aromatic carbocycles. The number of likely N-dealkylation sites (tertiary alicyclic amines) is 1. The van der Waals surface area contributed by atoms with Crippen molar-refractivity contribution >= 4 is 29.0 Å². The van der Waals surface area contributed by atoms with E-state index in [9.17, 15) is 4.79 Å². The molecule has 1 saturated heterocycles. The number of nitrogens with one attached hydrogen (secondary N) is 1. The van der Waals surface area contributed by atoms with Gasteiger partial charge in [0.25, 0.3) is 0 Å². The van der Waals surface area contributed by atoms with Crippen molar-refractivity contribution in [3.63, 3.8) is 0 Å². The number of aromatic nitrogens is 3. The normalized spacial score (nSPS) is 16.2. The summed E-state index contributed by atoms with van der Waals surface area (Å²) in [5.74, 6) is 2.64. The van der Waals surface area contributed by atoms with Crippen LogP contribution in [0.1, 0.15) is 24.4 Å². The maximum atomic E-state index is 13.0. The van der Waals surface area contributed by atoms with Crippen LogP contribution in [0.15, 0.2) is 40.9 Å². The van der Waals surface area contributed by atoms with Crippen LogP contribution < -0.4 is 9.47 Å². The van der Waals surface area contributed by atoms with Gasteiger partial charge in [-0.1, -0.05) is 17.8 Å². The van der Waals surface area contributed by atoms with Crippen LogP contribution in [0.5, 0.6) is 11.5 Å². The van der Waals surface area contributed by atoms with Gasteiger partial charge in [0.1, 0.15) is 11.5 Å². The number of carbonyl (C=O) groups is 1. The first-order valence-corrected chi connectivity index (χ1v) is 11.2. The predicted octanol–water partition coefficient (Wildman–Crippen LogP) is 4.01. The summed E-state index contributed by atoms with van der Waals surface area (Å²) in [7, 11) is 3.29. The zero-order valence-corrected chi connectivity index (χ0v) is 17.9. The van der Waals surface area contributed by atoms with Crippen LogP contribution >= 0.6 is 23.1 Å². The van der Waals surface area contributed by atoms with Gasteiger partial charge in [-0.3, -0.25) is 9.89 Å². The van der Waals surface area contributed by atoms with Gasteiger partial charge >= 0.3 is 0 Å². The number of H-pyrrole nitrogens is 1. The predicted molar refractivity (Wildman–Crippen MR) is 114 cm³/mol. The van der Waals surface area contributed by atoms with Crippen molar-refractivity contribution in [2.24, 2.45) is 0 Å². The summed E-state index contributed by atoms with van der Waals surface area (Å²) < 4.78 is 10.9. The van der Waals surface area contributed by atoms with Crippen molar-refractivity contribution in [2.45, 2.75) is 24.0 Å². The second-order valence-electron chi connectivity index (χ2n) is 6.59. The second-order valence-corrected chi connectivity index (χ2v) is 8.48. The van der Waals surface area contributed by atoms with Crippen molar-refractivity contribution in [3.05, 3.63) is 41.3 Å². The maximum Gasteiger partial charge on any atom is 0.233 e. The summed E-state index contributed by atoms with van der Waals surface area (Å²) in [6.45, 7) is 0.735. The molecule has 4 rings (SSSR count). The number of carbonyl (C=O) groups excluding carboxylic acids is 1. The lowest BCUT2D eigenvalue weighted by Crippen LogP contribution is -2.32. The molecule has 1 unspecified atom stereocenters. The third-order valence-electron chi connectivity index (χ3n) is 4.91. The first-order chi connectivity index (χ1) is 14.2. The van der Waals surface area contributed by atoms with E-state index in [-0.39, 0.29) is 11.9 Å². The van der Waals surface area contributed by atoms with Gasteiger partial charge in [-0.05, 0) is 42.5 Å². The molecular weight excluding hydrogens is 408 g/mol. The van der Waals surface area contributed by atoms with Gasteiger partial charge in [-0.2, -0.15) is 0 Å².